The van der Waals surface area contributed by atoms with Gasteiger partial charge in [0.25, 0.3) is 5.91 Å². The fourth-order valence-corrected chi connectivity index (χ4v) is 3.02. The van der Waals surface area contributed by atoms with Crippen LogP contribution in [0.15, 0.2) is 40.8 Å². The van der Waals surface area contributed by atoms with Gasteiger partial charge < -0.3 is 14.5 Å². The number of hydrogen-bond acceptors (Lipinski definition) is 3. The van der Waals surface area contributed by atoms with Gasteiger partial charge in [-0.2, -0.15) is 0 Å². The molecule has 0 saturated heterocycles. The molecule has 0 atom stereocenters. The van der Waals surface area contributed by atoms with E-state index in [-0.39, 0.29) is 5.91 Å². The van der Waals surface area contributed by atoms with Crippen LogP contribution < -0.4 is 10.1 Å². The lowest BCUT2D eigenvalue weighted by Crippen LogP contribution is -2.13. The van der Waals surface area contributed by atoms with E-state index in [0.29, 0.717) is 50.4 Å². The molecule has 1 N–H and O–H groups in total. The van der Waals surface area contributed by atoms with Crippen molar-refractivity contribution in [1.82, 2.24) is 0 Å². The number of benzene rings is 2. The molecule has 0 spiro atoms. The van der Waals surface area contributed by atoms with Crippen LogP contribution in [0.5, 0.6) is 5.75 Å². The average molecular weight is 392 g/mol. The molecule has 1 heterocycles. The van der Waals surface area contributed by atoms with Crippen molar-refractivity contribution < 1.29 is 13.9 Å². The number of furan rings is 1. The number of carbonyl (C=O) groups is 1. The van der Waals surface area contributed by atoms with Crippen LogP contribution in [0.4, 0.5) is 5.69 Å². The van der Waals surface area contributed by atoms with Crippen LogP contribution in [0, 0.1) is 6.92 Å². The smallest absolute Gasteiger partial charge is 0.259 e. The maximum Gasteiger partial charge on any atom is 0.259 e. The third-order valence-corrected chi connectivity index (χ3v) is 4.57. The molecule has 0 fully saturated rings. The molecular formula is C20H19Cl2NO3. The minimum absolute atomic E-state index is 0.309. The highest BCUT2D eigenvalue weighted by Gasteiger charge is 2.20. The van der Waals surface area contributed by atoms with Crippen LogP contribution in [0.3, 0.4) is 0 Å². The van der Waals surface area contributed by atoms with Gasteiger partial charge in [0.05, 0.1) is 22.9 Å². The summed E-state index contributed by atoms with van der Waals surface area (Å²) in [5.41, 5.74) is 1.54. The zero-order chi connectivity index (χ0) is 18.7. The van der Waals surface area contributed by atoms with E-state index in [9.17, 15) is 4.79 Å². The van der Waals surface area contributed by atoms with Gasteiger partial charge in [0.1, 0.15) is 17.1 Å². The maximum atomic E-state index is 12.8. The Bertz CT molecular complexity index is 950. The van der Waals surface area contributed by atoms with Gasteiger partial charge in [0, 0.05) is 10.4 Å². The molecular weight excluding hydrogens is 373 g/mol. The molecule has 4 nitrogen and oxygen atoms in total. The van der Waals surface area contributed by atoms with E-state index >= 15 is 0 Å². The van der Waals surface area contributed by atoms with Crippen molar-refractivity contribution in [2.45, 2.75) is 26.7 Å². The first-order chi connectivity index (χ1) is 12.5. The molecule has 0 bridgehead atoms. The second-order valence-corrected chi connectivity index (χ2v) is 6.82. The van der Waals surface area contributed by atoms with Crippen molar-refractivity contribution in [3.63, 3.8) is 0 Å². The molecule has 0 radical (unpaired) electrons. The predicted octanol–water partition coefficient (Wildman–Crippen LogP) is 6.48. The fraction of sp³-hybridized carbons (Fsp3) is 0.250. The fourth-order valence-electron chi connectivity index (χ4n) is 2.68. The second-order valence-electron chi connectivity index (χ2n) is 5.97. The molecule has 0 aliphatic rings. The van der Waals surface area contributed by atoms with Gasteiger partial charge in [0.2, 0.25) is 0 Å². The number of unbranched alkanes of at least 4 members (excludes halogenated alkanes) is 1. The Kier molecular flexibility index (Phi) is 5.74. The molecule has 26 heavy (non-hydrogen) atoms. The van der Waals surface area contributed by atoms with Gasteiger partial charge in [-0.25, -0.2) is 0 Å². The van der Waals surface area contributed by atoms with Crippen molar-refractivity contribution in [3.8, 4) is 5.75 Å². The first kappa shape index (κ1) is 18.6. The molecule has 3 rings (SSSR count). The monoisotopic (exact) mass is 391 g/mol. The summed E-state index contributed by atoms with van der Waals surface area (Å²) in [6.07, 6.45) is 2.03. The summed E-state index contributed by atoms with van der Waals surface area (Å²) in [6.45, 7) is 4.50. The van der Waals surface area contributed by atoms with Crippen molar-refractivity contribution in [2.24, 2.45) is 0 Å². The van der Waals surface area contributed by atoms with Crippen molar-refractivity contribution >= 4 is 45.8 Å². The summed E-state index contributed by atoms with van der Waals surface area (Å²) >= 11 is 12.1. The Morgan fingerprint density at radius 1 is 1.19 bits per heavy atom. The molecule has 3 aromatic rings. The zero-order valence-corrected chi connectivity index (χ0v) is 16.1. The van der Waals surface area contributed by atoms with Crippen molar-refractivity contribution in [2.75, 3.05) is 11.9 Å². The Labute approximate surface area is 162 Å². The lowest BCUT2D eigenvalue weighted by atomic mass is 10.1. The first-order valence-electron chi connectivity index (χ1n) is 8.42. The summed E-state index contributed by atoms with van der Waals surface area (Å²) < 4.78 is 11.5. The number of rotatable bonds is 6. The SMILES string of the molecule is CCCCOc1ccc2oc(C)c(C(=O)Nc3cc(Cl)ccc3Cl)c2c1. The number of carbonyl (C=O) groups excluding carboxylic acids is 1. The highest BCUT2D eigenvalue weighted by molar-refractivity contribution is 6.36. The lowest BCUT2D eigenvalue weighted by Gasteiger charge is -2.08. The zero-order valence-electron chi connectivity index (χ0n) is 14.6. The second kappa shape index (κ2) is 8.02. The number of halogens is 2. The van der Waals surface area contributed by atoms with E-state index in [1.54, 1.807) is 25.1 Å². The maximum absolute atomic E-state index is 12.8. The number of fused-ring (bicyclic) bond motifs is 1. The van der Waals surface area contributed by atoms with Crippen LogP contribution in [-0.4, -0.2) is 12.5 Å². The number of hydrogen-bond donors (Lipinski definition) is 1. The van der Waals surface area contributed by atoms with Crippen LogP contribution in [0.25, 0.3) is 11.0 Å². The minimum atomic E-state index is -0.309. The number of aryl methyl sites for hydroxylation is 1. The number of anilines is 1. The molecule has 1 amide bonds. The standard InChI is InChI=1S/C20H19Cl2NO3/c1-3-4-9-25-14-6-8-18-15(11-14)19(12(2)26-18)20(24)23-17-10-13(21)5-7-16(17)22/h5-8,10-11H,3-4,9H2,1-2H3,(H,23,24). The highest BCUT2D eigenvalue weighted by Crippen LogP contribution is 2.31. The summed E-state index contributed by atoms with van der Waals surface area (Å²) in [5, 5.41) is 4.41. The van der Waals surface area contributed by atoms with Crippen LogP contribution in [0.1, 0.15) is 35.9 Å². The van der Waals surface area contributed by atoms with E-state index in [1.807, 2.05) is 18.2 Å². The third-order valence-electron chi connectivity index (χ3n) is 4.01. The third kappa shape index (κ3) is 3.97. The van der Waals surface area contributed by atoms with Gasteiger partial charge in [-0.05, 0) is 49.7 Å². The largest absolute Gasteiger partial charge is 0.494 e. The summed E-state index contributed by atoms with van der Waals surface area (Å²) in [4.78, 5) is 12.8. The van der Waals surface area contributed by atoms with Crippen LogP contribution >= 0.6 is 23.2 Å². The highest BCUT2D eigenvalue weighted by atomic mass is 35.5. The molecule has 136 valence electrons. The van der Waals surface area contributed by atoms with Gasteiger partial charge in [-0.3, -0.25) is 4.79 Å². The van der Waals surface area contributed by atoms with E-state index in [4.69, 9.17) is 32.4 Å². The molecule has 0 aliphatic carbocycles. The van der Waals surface area contributed by atoms with Crippen molar-refractivity contribution in [1.29, 1.82) is 0 Å². The Hall–Kier alpha value is -2.17. The summed E-state index contributed by atoms with van der Waals surface area (Å²) in [7, 11) is 0. The summed E-state index contributed by atoms with van der Waals surface area (Å²) in [5.74, 6) is 0.930. The number of nitrogens with one attached hydrogen (secondary N) is 1. The van der Waals surface area contributed by atoms with Gasteiger partial charge in [-0.15, -0.1) is 0 Å². The predicted molar refractivity (Wildman–Crippen MR) is 106 cm³/mol. The average Bonchev–Trinajstić information content (AvgIpc) is 2.93. The number of amides is 1. The normalized spacial score (nSPS) is 10.9. The minimum Gasteiger partial charge on any atom is -0.494 e. The molecule has 6 heteroatoms. The van der Waals surface area contributed by atoms with E-state index in [2.05, 4.69) is 12.2 Å². The van der Waals surface area contributed by atoms with Gasteiger partial charge in [-0.1, -0.05) is 36.5 Å². The first-order valence-corrected chi connectivity index (χ1v) is 9.17. The molecule has 0 aliphatic heterocycles. The Balaban J connectivity index is 1.92. The molecule has 2 aromatic carbocycles. The molecule has 0 unspecified atom stereocenters. The Morgan fingerprint density at radius 2 is 2.00 bits per heavy atom. The summed E-state index contributed by atoms with van der Waals surface area (Å²) in [6, 6.07) is 10.4. The van der Waals surface area contributed by atoms with E-state index < -0.39 is 0 Å². The lowest BCUT2D eigenvalue weighted by molar-refractivity contribution is 0.102. The topological polar surface area (TPSA) is 51.5 Å². The Morgan fingerprint density at radius 3 is 2.77 bits per heavy atom. The molecule has 1 aromatic heterocycles. The van der Waals surface area contributed by atoms with E-state index in [0.717, 1.165) is 12.8 Å². The van der Waals surface area contributed by atoms with E-state index in [1.165, 1.54) is 0 Å². The molecule has 0 saturated carbocycles. The van der Waals surface area contributed by atoms with Crippen LogP contribution in [0.2, 0.25) is 10.0 Å². The quantitative estimate of drug-likeness (QED) is 0.489. The number of ether oxygens (including phenoxy) is 1. The van der Waals surface area contributed by atoms with Crippen molar-refractivity contribution in [3.05, 3.63) is 57.8 Å². The van der Waals surface area contributed by atoms with Crippen LogP contribution in [-0.2, 0) is 0 Å². The van der Waals surface area contributed by atoms with Gasteiger partial charge >= 0.3 is 0 Å². The van der Waals surface area contributed by atoms with Gasteiger partial charge in [0.15, 0.2) is 0 Å².